The molecule has 2 aromatic rings. The van der Waals surface area contributed by atoms with Gasteiger partial charge in [0.05, 0.1) is 5.52 Å². The summed E-state index contributed by atoms with van der Waals surface area (Å²) in [4.78, 5) is 22.5. The van der Waals surface area contributed by atoms with Crippen LogP contribution < -0.4 is 5.73 Å². The molecular formula is C14H16N2O3. The molecule has 5 nitrogen and oxygen atoms in total. The molecule has 1 heterocycles. The van der Waals surface area contributed by atoms with Gasteiger partial charge in [-0.05, 0) is 24.4 Å². The zero-order valence-electron chi connectivity index (χ0n) is 10.7. The summed E-state index contributed by atoms with van der Waals surface area (Å²) in [5, 5.41) is 1.08. The number of aromatic nitrogens is 1. The molecule has 0 saturated heterocycles. The van der Waals surface area contributed by atoms with E-state index in [1.807, 2.05) is 41.1 Å². The Hall–Kier alpha value is -2.14. The number of ketones is 1. The lowest BCUT2D eigenvalue weighted by Gasteiger charge is -2.11. The van der Waals surface area contributed by atoms with E-state index in [1.54, 1.807) is 0 Å². The Morgan fingerprint density at radius 1 is 1.32 bits per heavy atom. The lowest BCUT2D eigenvalue weighted by Crippen LogP contribution is -2.34. The molecule has 0 aliphatic carbocycles. The van der Waals surface area contributed by atoms with Crippen molar-refractivity contribution >= 4 is 22.7 Å². The monoisotopic (exact) mass is 260 g/mol. The highest BCUT2D eigenvalue weighted by molar-refractivity contribution is 5.85. The maximum atomic E-state index is 11.6. The van der Waals surface area contributed by atoms with Crippen LogP contribution in [0.4, 0.5) is 0 Å². The van der Waals surface area contributed by atoms with Gasteiger partial charge in [0.1, 0.15) is 11.8 Å². The van der Waals surface area contributed by atoms with Gasteiger partial charge >= 0.3 is 5.97 Å². The van der Waals surface area contributed by atoms with E-state index in [2.05, 4.69) is 0 Å². The van der Waals surface area contributed by atoms with Gasteiger partial charge in [-0.3, -0.25) is 9.59 Å². The molecule has 0 aliphatic heterocycles. The van der Waals surface area contributed by atoms with Crippen molar-refractivity contribution < 1.29 is 14.3 Å². The summed E-state index contributed by atoms with van der Waals surface area (Å²) >= 11 is 0. The highest BCUT2D eigenvalue weighted by atomic mass is 16.5. The van der Waals surface area contributed by atoms with Crippen LogP contribution in [0.15, 0.2) is 36.5 Å². The zero-order valence-corrected chi connectivity index (χ0v) is 10.7. The first-order valence-corrected chi connectivity index (χ1v) is 6.03. The number of esters is 1. The third kappa shape index (κ3) is 3.20. The lowest BCUT2D eigenvalue weighted by atomic mass is 10.2. The van der Waals surface area contributed by atoms with Crippen molar-refractivity contribution in [1.29, 1.82) is 0 Å². The van der Waals surface area contributed by atoms with Crippen LogP contribution >= 0.6 is 0 Å². The average molecular weight is 260 g/mol. The Labute approximate surface area is 110 Å². The van der Waals surface area contributed by atoms with E-state index in [1.165, 1.54) is 6.92 Å². The maximum Gasteiger partial charge on any atom is 0.325 e. The van der Waals surface area contributed by atoms with Crippen LogP contribution in [0, 0.1) is 0 Å². The molecule has 2 rings (SSSR count). The molecule has 2 N–H and O–H groups in total. The Morgan fingerprint density at radius 2 is 2.05 bits per heavy atom. The summed E-state index contributed by atoms with van der Waals surface area (Å²) < 4.78 is 6.92. The normalized spacial score (nSPS) is 12.3. The SMILES string of the molecule is CC(=O)CC(N)C(=O)OCn1ccc2ccccc21. The van der Waals surface area contributed by atoms with Crippen molar-refractivity contribution in [2.24, 2.45) is 5.73 Å². The van der Waals surface area contributed by atoms with Crippen molar-refractivity contribution in [3.8, 4) is 0 Å². The Kier molecular flexibility index (Phi) is 3.97. The number of Topliss-reactive ketones (excluding diaryl/α,β-unsaturated/α-hetero) is 1. The van der Waals surface area contributed by atoms with Gasteiger partial charge in [-0.25, -0.2) is 0 Å². The van der Waals surface area contributed by atoms with Crippen molar-refractivity contribution in [1.82, 2.24) is 4.57 Å². The quantitative estimate of drug-likeness (QED) is 0.826. The number of rotatable bonds is 5. The second kappa shape index (κ2) is 5.67. The minimum Gasteiger partial charge on any atom is -0.443 e. The number of carbonyl (C=O) groups excluding carboxylic acids is 2. The highest BCUT2D eigenvalue weighted by Crippen LogP contribution is 2.15. The summed E-state index contributed by atoms with van der Waals surface area (Å²) in [7, 11) is 0. The van der Waals surface area contributed by atoms with Gasteiger partial charge in [0.15, 0.2) is 6.73 Å². The molecule has 0 amide bonds. The molecule has 5 heteroatoms. The zero-order chi connectivity index (χ0) is 13.8. The van der Waals surface area contributed by atoms with Gasteiger partial charge in [-0.15, -0.1) is 0 Å². The molecular weight excluding hydrogens is 244 g/mol. The second-order valence-corrected chi connectivity index (χ2v) is 4.45. The maximum absolute atomic E-state index is 11.6. The number of hydrogen-bond acceptors (Lipinski definition) is 4. The van der Waals surface area contributed by atoms with Crippen LogP contribution in [0.3, 0.4) is 0 Å². The number of fused-ring (bicyclic) bond motifs is 1. The van der Waals surface area contributed by atoms with Crippen molar-refractivity contribution in [2.45, 2.75) is 26.1 Å². The van der Waals surface area contributed by atoms with E-state index in [0.29, 0.717) is 0 Å². The van der Waals surface area contributed by atoms with Gasteiger partial charge in [-0.2, -0.15) is 0 Å². The molecule has 19 heavy (non-hydrogen) atoms. The molecule has 1 aromatic carbocycles. The standard InChI is InChI=1S/C14H16N2O3/c1-10(17)8-12(15)14(18)19-9-16-7-6-11-4-2-3-5-13(11)16/h2-7,12H,8-9,15H2,1H3. The van der Waals surface area contributed by atoms with Crippen LogP contribution in [0.1, 0.15) is 13.3 Å². The number of para-hydroxylation sites is 1. The van der Waals surface area contributed by atoms with Crippen LogP contribution in [0.5, 0.6) is 0 Å². The minimum absolute atomic E-state index is 0.00522. The van der Waals surface area contributed by atoms with E-state index in [4.69, 9.17) is 10.5 Å². The van der Waals surface area contributed by atoms with Gasteiger partial charge in [0.2, 0.25) is 0 Å². The van der Waals surface area contributed by atoms with E-state index in [9.17, 15) is 9.59 Å². The number of carbonyl (C=O) groups is 2. The number of nitrogens with zero attached hydrogens (tertiary/aromatic N) is 1. The Bertz CT molecular complexity index is 604. The number of hydrogen-bond donors (Lipinski definition) is 1. The molecule has 1 aromatic heterocycles. The van der Waals surface area contributed by atoms with E-state index < -0.39 is 12.0 Å². The molecule has 100 valence electrons. The van der Waals surface area contributed by atoms with Crippen LogP contribution in [-0.4, -0.2) is 22.4 Å². The van der Waals surface area contributed by atoms with Crippen molar-refractivity contribution in [3.05, 3.63) is 36.5 Å². The first kappa shape index (κ1) is 13.3. The highest BCUT2D eigenvalue weighted by Gasteiger charge is 2.17. The van der Waals surface area contributed by atoms with Gasteiger partial charge in [-0.1, -0.05) is 18.2 Å². The van der Waals surface area contributed by atoms with Crippen LogP contribution in [-0.2, 0) is 21.1 Å². The molecule has 0 fully saturated rings. The summed E-state index contributed by atoms with van der Waals surface area (Å²) in [5.41, 5.74) is 6.55. The fraction of sp³-hybridized carbons (Fsp3) is 0.286. The largest absolute Gasteiger partial charge is 0.443 e. The summed E-state index contributed by atoms with van der Waals surface area (Å²) in [6.07, 6.45) is 1.85. The first-order chi connectivity index (χ1) is 9.08. The summed E-state index contributed by atoms with van der Waals surface area (Å²) in [6.45, 7) is 1.49. The number of nitrogens with two attached hydrogens (primary N) is 1. The van der Waals surface area contributed by atoms with Gasteiger partial charge < -0.3 is 15.0 Å². The number of ether oxygens (including phenoxy) is 1. The average Bonchev–Trinajstić information content (AvgIpc) is 2.78. The third-order valence-corrected chi connectivity index (χ3v) is 2.84. The molecule has 0 radical (unpaired) electrons. The third-order valence-electron chi connectivity index (χ3n) is 2.84. The minimum atomic E-state index is -0.890. The van der Waals surface area contributed by atoms with Gasteiger partial charge in [0, 0.05) is 12.6 Å². The number of benzene rings is 1. The van der Waals surface area contributed by atoms with Crippen LogP contribution in [0.25, 0.3) is 10.9 Å². The van der Waals surface area contributed by atoms with E-state index >= 15 is 0 Å². The molecule has 0 bridgehead atoms. The van der Waals surface area contributed by atoms with Gasteiger partial charge in [0.25, 0.3) is 0 Å². The Morgan fingerprint density at radius 3 is 2.79 bits per heavy atom. The van der Waals surface area contributed by atoms with Crippen molar-refractivity contribution in [2.75, 3.05) is 0 Å². The van der Waals surface area contributed by atoms with E-state index in [0.717, 1.165) is 10.9 Å². The molecule has 0 saturated carbocycles. The van der Waals surface area contributed by atoms with Crippen molar-refractivity contribution in [3.63, 3.8) is 0 Å². The topological polar surface area (TPSA) is 74.3 Å². The first-order valence-electron chi connectivity index (χ1n) is 6.03. The summed E-state index contributed by atoms with van der Waals surface area (Å²) in [6, 6.07) is 8.84. The molecule has 0 aliphatic rings. The Balaban J connectivity index is 1.99. The second-order valence-electron chi connectivity index (χ2n) is 4.45. The smallest absolute Gasteiger partial charge is 0.325 e. The molecule has 1 atom stereocenters. The fourth-order valence-electron chi connectivity index (χ4n) is 1.89. The molecule has 1 unspecified atom stereocenters. The molecule has 0 spiro atoms. The predicted molar refractivity (Wildman–Crippen MR) is 71.3 cm³/mol. The lowest BCUT2D eigenvalue weighted by molar-refractivity contribution is -0.150. The summed E-state index contributed by atoms with van der Waals surface area (Å²) in [5.74, 6) is -0.691. The fourth-order valence-corrected chi connectivity index (χ4v) is 1.89. The predicted octanol–water partition coefficient (Wildman–Crippen LogP) is 1.45. The van der Waals surface area contributed by atoms with Crippen LogP contribution in [0.2, 0.25) is 0 Å². The van der Waals surface area contributed by atoms with E-state index in [-0.39, 0.29) is 18.9 Å².